The predicted molar refractivity (Wildman–Crippen MR) is 115 cm³/mol. The highest BCUT2D eigenvalue weighted by Gasteiger charge is 2.43. The highest BCUT2D eigenvalue weighted by Crippen LogP contribution is 2.35. The Morgan fingerprint density at radius 1 is 1.23 bits per heavy atom. The van der Waals surface area contributed by atoms with Crippen LogP contribution in [0.3, 0.4) is 0 Å². The summed E-state index contributed by atoms with van der Waals surface area (Å²) < 4.78 is 17.0. The Morgan fingerprint density at radius 2 is 2.10 bits per heavy atom. The van der Waals surface area contributed by atoms with Gasteiger partial charge in [0.1, 0.15) is 11.9 Å². The van der Waals surface area contributed by atoms with Crippen LogP contribution in [0.1, 0.15) is 26.2 Å². The number of benzene rings is 1. The normalized spacial score (nSPS) is 27.8. The van der Waals surface area contributed by atoms with E-state index < -0.39 is 6.17 Å². The van der Waals surface area contributed by atoms with Gasteiger partial charge in [0.25, 0.3) is 0 Å². The number of fused-ring (bicyclic) bond motifs is 2. The van der Waals surface area contributed by atoms with Crippen molar-refractivity contribution >= 4 is 5.82 Å². The van der Waals surface area contributed by atoms with Crippen LogP contribution in [-0.2, 0) is 0 Å². The lowest BCUT2D eigenvalue weighted by Gasteiger charge is -2.47. The zero-order valence-electron chi connectivity index (χ0n) is 17.6. The number of phenols is 1. The van der Waals surface area contributed by atoms with Crippen LogP contribution < -0.4 is 10.2 Å². The molecule has 1 unspecified atom stereocenters. The Bertz CT molecular complexity index is 1040. The molecule has 0 radical (unpaired) electrons. The number of hydrogen-bond acceptors (Lipinski definition) is 7. The molecule has 2 N–H and O–H groups in total. The molecular formula is C22H26FN7O. The average Bonchev–Trinajstić information content (AvgIpc) is 3.31. The fourth-order valence-corrected chi connectivity index (χ4v) is 4.91. The van der Waals surface area contributed by atoms with Crippen LogP contribution in [0, 0.1) is 5.92 Å². The van der Waals surface area contributed by atoms with Gasteiger partial charge in [0, 0.05) is 37.6 Å². The van der Waals surface area contributed by atoms with Gasteiger partial charge in [0.05, 0.1) is 29.8 Å². The van der Waals surface area contributed by atoms with Gasteiger partial charge in [-0.2, -0.15) is 0 Å². The van der Waals surface area contributed by atoms with Gasteiger partial charge in [-0.1, -0.05) is 6.92 Å². The van der Waals surface area contributed by atoms with E-state index in [0.717, 1.165) is 24.9 Å². The molecule has 5 rings (SSSR count). The second-order valence-electron chi connectivity index (χ2n) is 8.72. The maximum Gasteiger partial charge on any atom is 0.185 e. The van der Waals surface area contributed by atoms with E-state index in [1.54, 1.807) is 41.6 Å². The lowest BCUT2D eigenvalue weighted by molar-refractivity contribution is 0.0851. The molecule has 2 aliphatic heterocycles. The smallest absolute Gasteiger partial charge is 0.185 e. The van der Waals surface area contributed by atoms with E-state index in [9.17, 15) is 5.11 Å². The molecule has 9 heteroatoms. The van der Waals surface area contributed by atoms with Crippen molar-refractivity contribution in [2.24, 2.45) is 5.92 Å². The standard InChI is InChI=1S/C22H26FN7O/c1-13-7-14-9-18(21(23)17(8-13)26-14)29(2)20-11-25-22(28-27-20)16-4-3-15(10-19(16)31)30-6-5-24-12-30/h3-6,10-14,17-18,21,26,31H,7-9H2,1-2H3/t13?,14-,17+,18-,21-/m0/s1. The molecule has 1 aromatic carbocycles. The molecule has 5 atom stereocenters. The highest BCUT2D eigenvalue weighted by atomic mass is 19.1. The summed E-state index contributed by atoms with van der Waals surface area (Å²) in [6.07, 6.45) is 8.42. The molecule has 2 saturated heterocycles. The van der Waals surface area contributed by atoms with E-state index in [-0.39, 0.29) is 17.8 Å². The van der Waals surface area contributed by atoms with Crippen molar-refractivity contribution in [1.82, 2.24) is 30.0 Å². The number of nitrogens with one attached hydrogen (secondary N) is 1. The number of piperidine rings is 2. The van der Waals surface area contributed by atoms with E-state index >= 15 is 4.39 Å². The molecule has 4 heterocycles. The van der Waals surface area contributed by atoms with E-state index in [1.165, 1.54) is 0 Å². The third kappa shape index (κ3) is 3.74. The fourth-order valence-electron chi connectivity index (χ4n) is 4.91. The van der Waals surface area contributed by atoms with Gasteiger partial charge >= 0.3 is 0 Å². The number of phenolic OH excluding ortho intramolecular Hbond substituents is 1. The molecule has 31 heavy (non-hydrogen) atoms. The first kappa shape index (κ1) is 19.9. The molecule has 162 valence electrons. The molecule has 2 aromatic heterocycles. The van der Waals surface area contributed by atoms with E-state index in [0.29, 0.717) is 29.2 Å². The zero-order valence-corrected chi connectivity index (χ0v) is 17.6. The molecule has 0 amide bonds. The van der Waals surface area contributed by atoms with Crippen LogP contribution in [0.5, 0.6) is 5.75 Å². The van der Waals surface area contributed by atoms with E-state index in [4.69, 9.17) is 0 Å². The van der Waals surface area contributed by atoms with Gasteiger partial charge in [0.2, 0.25) is 0 Å². The van der Waals surface area contributed by atoms with Crippen LogP contribution in [0.15, 0.2) is 43.1 Å². The van der Waals surface area contributed by atoms with Crippen molar-refractivity contribution in [2.75, 3.05) is 11.9 Å². The van der Waals surface area contributed by atoms with Crippen molar-refractivity contribution in [3.63, 3.8) is 0 Å². The van der Waals surface area contributed by atoms with Crippen molar-refractivity contribution in [3.05, 3.63) is 43.1 Å². The minimum absolute atomic E-state index is 0.0539. The van der Waals surface area contributed by atoms with Gasteiger partial charge in [-0.15, -0.1) is 10.2 Å². The van der Waals surface area contributed by atoms with Crippen LogP contribution in [0.25, 0.3) is 17.1 Å². The number of alkyl halides is 1. The van der Waals surface area contributed by atoms with E-state index in [1.807, 2.05) is 18.0 Å². The predicted octanol–water partition coefficient (Wildman–Crippen LogP) is 2.73. The molecule has 2 bridgehead atoms. The summed E-state index contributed by atoms with van der Waals surface area (Å²) in [5.41, 5.74) is 1.27. The number of aromatic hydroxyl groups is 1. The van der Waals surface area contributed by atoms with Crippen molar-refractivity contribution in [2.45, 2.75) is 50.5 Å². The minimum Gasteiger partial charge on any atom is -0.507 e. The van der Waals surface area contributed by atoms with Crippen molar-refractivity contribution in [3.8, 4) is 22.8 Å². The average molecular weight is 423 g/mol. The summed E-state index contributed by atoms with van der Waals surface area (Å²) >= 11 is 0. The Balaban J connectivity index is 1.34. The lowest BCUT2D eigenvalue weighted by atomic mass is 9.77. The lowest BCUT2D eigenvalue weighted by Crippen LogP contribution is -2.62. The first-order valence-corrected chi connectivity index (χ1v) is 10.6. The second-order valence-corrected chi connectivity index (χ2v) is 8.72. The summed E-state index contributed by atoms with van der Waals surface area (Å²) in [6, 6.07) is 5.19. The number of hydrogen-bond donors (Lipinski definition) is 2. The Morgan fingerprint density at radius 3 is 2.81 bits per heavy atom. The number of aromatic nitrogens is 5. The third-order valence-electron chi connectivity index (χ3n) is 6.50. The number of nitrogens with zero attached hydrogens (tertiary/aromatic N) is 6. The Kier molecular flexibility index (Phi) is 5.05. The molecule has 0 saturated carbocycles. The molecule has 0 spiro atoms. The van der Waals surface area contributed by atoms with Gasteiger partial charge in [-0.25, -0.2) is 14.4 Å². The Labute approximate surface area is 180 Å². The van der Waals surface area contributed by atoms with Gasteiger partial charge in [-0.05, 0) is 37.3 Å². The van der Waals surface area contributed by atoms with Crippen LogP contribution in [0.2, 0.25) is 0 Å². The quantitative estimate of drug-likeness (QED) is 0.667. The van der Waals surface area contributed by atoms with Crippen LogP contribution in [0.4, 0.5) is 10.2 Å². The van der Waals surface area contributed by atoms with Crippen LogP contribution in [-0.4, -0.2) is 61.2 Å². The second kappa shape index (κ2) is 7.88. The van der Waals surface area contributed by atoms with Gasteiger partial charge < -0.3 is 19.9 Å². The minimum atomic E-state index is -0.967. The monoisotopic (exact) mass is 423 g/mol. The van der Waals surface area contributed by atoms with Gasteiger partial charge in [0.15, 0.2) is 11.6 Å². The summed E-state index contributed by atoms with van der Waals surface area (Å²) in [6.45, 7) is 2.20. The topological polar surface area (TPSA) is 92.0 Å². The molecule has 8 nitrogen and oxygen atoms in total. The largest absolute Gasteiger partial charge is 0.507 e. The summed E-state index contributed by atoms with van der Waals surface area (Å²) in [4.78, 5) is 10.3. The van der Waals surface area contributed by atoms with Gasteiger partial charge in [-0.3, -0.25) is 0 Å². The zero-order chi connectivity index (χ0) is 21.5. The first-order valence-electron chi connectivity index (χ1n) is 10.6. The Hall–Kier alpha value is -3.07. The molecule has 3 aromatic rings. The third-order valence-corrected chi connectivity index (χ3v) is 6.50. The highest BCUT2D eigenvalue weighted by molar-refractivity contribution is 5.66. The molecule has 2 fully saturated rings. The number of imidazole rings is 1. The summed E-state index contributed by atoms with van der Waals surface area (Å²) in [5, 5.41) is 22.4. The van der Waals surface area contributed by atoms with E-state index in [2.05, 4.69) is 32.4 Å². The number of anilines is 1. The van der Waals surface area contributed by atoms with Crippen LogP contribution >= 0.6 is 0 Å². The molecule has 2 aliphatic rings. The molecular weight excluding hydrogens is 397 g/mol. The fraction of sp³-hybridized carbons (Fsp3) is 0.455. The number of halogens is 1. The summed E-state index contributed by atoms with van der Waals surface area (Å²) in [5.74, 6) is 1.45. The van der Waals surface area contributed by atoms with Crippen molar-refractivity contribution < 1.29 is 9.50 Å². The maximum absolute atomic E-state index is 15.2. The number of rotatable bonds is 4. The maximum atomic E-state index is 15.2. The van der Waals surface area contributed by atoms with Crippen molar-refractivity contribution in [1.29, 1.82) is 0 Å². The first-order chi connectivity index (χ1) is 15.0. The summed E-state index contributed by atoms with van der Waals surface area (Å²) in [7, 11) is 1.85. The molecule has 0 aliphatic carbocycles. The SMILES string of the molecule is CC1C[C@H]2C[C@H](N(C)c3cnc(-c4ccc(-n5ccnc5)cc4O)nn3)[C@@H](F)[C@@H](C1)N2.